The van der Waals surface area contributed by atoms with Crippen LogP contribution in [0.2, 0.25) is 0 Å². The number of likely N-dealkylation sites (N-methyl/N-ethyl adjacent to an activating group) is 1. The van der Waals surface area contributed by atoms with Gasteiger partial charge in [-0.1, -0.05) is 13.0 Å². The molecule has 118 valence electrons. The van der Waals surface area contributed by atoms with Gasteiger partial charge in [0.25, 0.3) is 0 Å². The van der Waals surface area contributed by atoms with Gasteiger partial charge in [0, 0.05) is 30.3 Å². The zero-order valence-corrected chi connectivity index (χ0v) is 13.0. The number of ether oxygens (including phenoxy) is 1. The molecule has 1 aliphatic heterocycles. The molecule has 0 saturated carbocycles. The van der Waals surface area contributed by atoms with Gasteiger partial charge in [-0.15, -0.1) is 0 Å². The number of hydrogen-bond acceptors (Lipinski definition) is 3. The van der Waals surface area contributed by atoms with Crippen LogP contribution in [0.25, 0.3) is 0 Å². The molecule has 2 unspecified atom stereocenters. The van der Waals surface area contributed by atoms with Gasteiger partial charge in [0.05, 0.1) is 19.3 Å². The monoisotopic (exact) mass is 298 g/mol. The van der Waals surface area contributed by atoms with Crippen LogP contribution in [0, 0.1) is 11.6 Å². The molecule has 0 spiro atoms. The third-order valence-electron chi connectivity index (χ3n) is 4.63. The summed E-state index contributed by atoms with van der Waals surface area (Å²) in [6.45, 7) is 7.26. The summed E-state index contributed by atoms with van der Waals surface area (Å²) in [6, 6.07) is 3.61. The molecule has 3 nitrogen and oxygen atoms in total. The Bertz CT molecular complexity index is 477. The minimum Gasteiger partial charge on any atom is -0.379 e. The van der Waals surface area contributed by atoms with E-state index < -0.39 is 11.6 Å². The fourth-order valence-electron chi connectivity index (χ4n) is 3.22. The van der Waals surface area contributed by atoms with Gasteiger partial charge in [0.15, 0.2) is 0 Å². The lowest BCUT2D eigenvalue weighted by molar-refractivity contribution is -0.0323. The van der Waals surface area contributed by atoms with Crippen molar-refractivity contribution < 1.29 is 13.5 Å². The van der Waals surface area contributed by atoms with Crippen molar-refractivity contribution in [3.05, 3.63) is 35.4 Å². The molecule has 0 bridgehead atoms. The van der Waals surface area contributed by atoms with Gasteiger partial charge < -0.3 is 10.1 Å². The van der Waals surface area contributed by atoms with E-state index in [4.69, 9.17) is 4.74 Å². The molecule has 21 heavy (non-hydrogen) atoms. The summed E-state index contributed by atoms with van der Waals surface area (Å²) in [6.07, 6.45) is 0.856. The molecule has 0 amide bonds. The number of benzene rings is 1. The summed E-state index contributed by atoms with van der Waals surface area (Å²) in [5, 5.41) is 3.22. The molecule has 1 N–H and O–H groups in total. The molecule has 1 aromatic rings. The molecular weight excluding hydrogens is 274 g/mol. The van der Waals surface area contributed by atoms with Crippen LogP contribution in [-0.2, 0) is 4.74 Å². The van der Waals surface area contributed by atoms with Crippen LogP contribution in [0.15, 0.2) is 18.2 Å². The van der Waals surface area contributed by atoms with Crippen molar-refractivity contribution >= 4 is 0 Å². The van der Waals surface area contributed by atoms with E-state index >= 15 is 0 Å². The first-order chi connectivity index (χ1) is 10.0. The molecule has 1 saturated heterocycles. The molecule has 0 aromatic heterocycles. The number of hydrogen-bond donors (Lipinski definition) is 1. The van der Waals surface area contributed by atoms with Crippen LogP contribution in [0.1, 0.15) is 31.9 Å². The largest absolute Gasteiger partial charge is 0.379 e. The Balaban J connectivity index is 2.35. The van der Waals surface area contributed by atoms with E-state index in [0.29, 0.717) is 18.8 Å². The first kappa shape index (κ1) is 16.3. The second-order valence-corrected chi connectivity index (χ2v) is 5.70. The van der Waals surface area contributed by atoms with Crippen molar-refractivity contribution in [2.75, 3.05) is 33.4 Å². The van der Waals surface area contributed by atoms with Gasteiger partial charge in [0.2, 0.25) is 0 Å². The molecule has 1 aliphatic rings. The second kappa shape index (κ2) is 6.81. The van der Waals surface area contributed by atoms with Crippen molar-refractivity contribution in [1.82, 2.24) is 10.2 Å². The van der Waals surface area contributed by atoms with Crippen LogP contribution in [0.4, 0.5) is 8.78 Å². The van der Waals surface area contributed by atoms with E-state index in [1.54, 1.807) is 6.07 Å². The average Bonchev–Trinajstić information content (AvgIpc) is 2.50. The maximum Gasteiger partial charge on any atom is 0.130 e. The van der Waals surface area contributed by atoms with Crippen molar-refractivity contribution in [2.45, 2.75) is 31.8 Å². The Morgan fingerprint density at radius 3 is 2.52 bits per heavy atom. The van der Waals surface area contributed by atoms with E-state index in [1.165, 1.54) is 6.07 Å². The van der Waals surface area contributed by atoms with Crippen LogP contribution >= 0.6 is 0 Å². The van der Waals surface area contributed by atoms with Crippen LogP contribution in [0.3, 0.4) is 0 Å². The fourth-order valence-corrected chi connectivity index (χ4v) is 3.22. The first-order valence-electron chi connectivity index (χ1n) is 7.48. The summed E-state index contributed by atoms with van der Waals surface area (Å²) in [7, 11) is 1.82. The van der Waals surface area contributed by atoms with E-state index in [2.05, 4.69) is 24.1 Å². The summed E-state index contributed by atoms with van der Waals surface area (Å²) in [5.41, 5.74) is 0.256. The number of nitrogens with one attached hydrogen (secondary N) is 1. The molecule has 1 heterocycles. The molecule has 2 atom stereocenters. The maximum absolute atomic E-state index is 14.2. The van der Waals surface area contributed by atoms with Crippen molar-refractivity contribution in [1.29, 1.82) is 0 Å². The van der Waals surface area contributed by atoms with Crippen LogP contribution in [-0.4, -0.2) is 43.8 Å². The summed E-state index contributed by atoms with van der Waals surface area (Å²) in [5.74, 6) is -1.04. The van der Waals surface area contributed by atoms with Gasteiger partial charge in [0.1, 0.15) is 11.6 Å². The van der Waals surface area contributed by atoms with Crippen molar-refractivity contribution in [2.24, 2.45) is 0 Å². The van der Waals surface area contributed by atoms with Crippen molar-refractivity contribution in [3.63, 3.8) is 0 Å². The Hall–Kier alpha value is -1.04. The molecule has 1 aromatic carbocycles. The van der Waals surface area contributed by atoms with Crippen LogP contribution < -0.4 is 5.32 Å². The summed E-state index contributed by atoms with van der Waals surface area (Å²) in [4.78, 5) is 2.33. The number of nitrogens with zero attached hydrogens (tertiary/aromatic N) is 1. The standard InChI is InChI=1S/C16H24F2N2O/c1-4-16(2,20-7-9-21-10-8-20)15(19-3)13-6-5-12(17)11-14(13)18/h5-6,11,15,19H,4,7-10H2,1-3H3. The summed E-state index contributed by atoms with van der Waals surface area (Å²) < 4.78 is 32.8. The lowest BCUT2D eigenvalue weighted by Gasteiger charge is -2.48. The lowest BCUT2D eigenvalue weighted by Crippen LogP contribution is -2.57. The highest BCUT2D eigenvalue weighted by molar-refractivity contribution is 5.26. The third kappa shape index (κ3) is 3.25. The zero-order chi connectivity index (χ0) is 15.5. The van der Waals surface area contributed by atoms with E-state index in [0.717, 1.165) is 25.6 Å². The Morgan fingerprint density at radius 2 is 2.00 bits per heavy atom. The highest BCUT2D eigenvalue weighted by Gasteiger charge is 2.40. The quantitative estimate of drug-likeness (QED) is 0.904. The zero-order valence-electron chi connectivity index (χ0n) is 13.0. The third-order valence-corrected chi connectivity index (χ3v) is 4.63. The Kier molecular flexibility index (Phi) is 5.30. The number of rotatable bonds is 5. The average molecular weight is 298 g/mol. The minimum absolute atomic E-state index is 0.207. The minimum atomic E-state index is -0.546. The van der Waals surface area contributed by atoms with Gasteiger partial charge >= 0.3 is 0 Å². The predicted octanol–water partition coefficient (Wildman–Crippen LogP) is 2.73. The Labute approximate surface area is 125 Å². The maximum atomic E-state index is 14.2. The van der Waals surface area contributed by atoms with E-state index in [9.17, 15) is 8.78 Å². The SMILES string of the molecule is CCC(C)(C(NC)c1ccc(F)cc1F)N1CCOCC1. The fraction of sp³-hybridized carbons (Fsp3) is 0.625. The second-order valence-electron chi connectivity index (χ2n) is 5.70. The number of halogens is 2. The predicted molar refractivity (Wildman–Crippen MR) is 79.2 cm³/mol. The highest BCUT2D eigenvalue weighted by Crippen LogP contribution is 2.35. The van der Waals surface area contributed by atoms with E-state index in [-0.39, 0.29) is 11.6 Å². The van der Waals surface area contributed by atoms with Gasteiger partial charge in [-0.25, -0.2) is 8.78 Å². The lowest BCUT2D eigenvalue weighted by atomic mass is 9.82. The highest BCUT2D eigenvalue weighted by atomic mass is 19.1. The summed E-state index contributed by atoms with van der Waals surface area (Å²) >= 11 is 0. The topological polar surface area (TPSA) is 24.5 Å². The molecule has 0 aliphatic carbocycles. The first-order valence-corrected chi connectivity index (χ1v) is 7.48. The van der Waals surface area contributed by atoms with Gasteiger partial charge in [-0.3, -0.25) is 4.90 Å². The normalized spacial score (nSPS) is 21.0. The smallest absolute Gasteiger partial charge is 0.130 e. The molecule has 0 radical (unpaired) electrons. The molecular formula is C16H24F2N2O. The number of morpholine rings is 1. The van der Waals surface area contributed by atoms with E-state index in [1.807, 2.05) is 7.05 Å². The molecule has 1 fully saturated rings. The molecule has 2 rings (SSSR count). The van der Waals surface area contributed by atoms with Crippen molar-refractivity contribution in [3.8, 4) is 0 Å². The van der Waals surface area contributed by atoms with Gasteiger partial charge in [-0.2, -0.15) is 0 Å². The van der Waals surface area contributed by atoms with Crippen LogP contribution in [0.5, 0.6) is 0 Å². The van der Waals surface area contributed by atoms with Gasteiger partial charge in [-0.05, 0) is 26.5 Å². The Morgan fingerprint density at radius 1 is 1.33 bits per heavy atom. The molecule has 5 heteroatoms.